The van der Waals surface area contributed by atoms with Crippen LogP contribution in [0.4, 0.5) is 0 Å². The highest BCUT2D eigenvalue weighted by Gasteiger charge is 2.45. The molecule has 1 heterocycles. The van der Waals surface area contributed by atoms with Gasteiger partial charge in [-0.05, 0) is 24.7 Å². The molecule has 0 aromatic heterocycles. The molecule has 1 aliphatic heterocycles. The Balaban J connectivity index is 1.87. The lowest BCUT2D eigenvalue weighted by Crippen LogP contribution is -2.65. The van der Waals surface area contributed by atoms with Crippen molar-refractivity contribution >= 4 is 0 Å². The number of rotatable bonds is 4. The van der Waals surface area contributed by atoms with Crippen LogP contribution in [-0.2, 0) is 4.74 Å². The standard InChI is InChI=1S/C13H25NO5/c1-6(2)7-3-8(4-7)14-10-12(17)11(16)9(5-15)19-13(10)18/h6-18H,3-5H2,1-2H3. The Labute approximate surface area is 113 Å². The van der Waals surface area contributed by atoms with Crippen LogP contribution in [0.15, 0.2) is 0 Å². The van der Waals surface area contributed by atoms with Crippen LogP contribution in [-0.4, -0.2) is 63.7 Å². The van der Waals surface area contributed by atoms with Gasteiger partial charge >= 0.3 is 0 Å². The summed E-state index contributed by atoms with van der Waals surface area (Å²) in [5, 5.41) is 41.7. The molecule has 0 radical (unpaired) electrons. The minimum absolute atomic E-state index is 0.239. The molecule has 0 spiro atoms. The molecule has 5 atom stereocenters. The zero-order chi connectivity index (χ0) is 14.2. The first-order valence-corrected chi connectivity index (χ1v) is 7.00. The summed E-state index contributed by atoms with van der Waals surface area (Å²) in [5.41, 5.74) is 0. The first-order valence-electron chi connectivity index (χ1n) is 7.00. The lowest BCUT2D eigenvalue weighted by Gasteiger charge is -2.46. The van der Waals surface area contributed by atoms with Gasteiger partial charge in [0.1, 0.15) is 18.3 Å². The zero-order valence-electron chi connectivity index (χ0n) is 11.4. The summed E-state index contributed by atoms with van der Waals surface area (Å²) >= 11 is 0. The van der Waals surface area contributed by atoms with Gasteiger partial charge in [-0.25, -0.2) is 0 Å². The van der Waals surface area contributed by atoms with Crippen molar-refractivity contribution in [2.75, 3.05) is 6.61 Å². The molecular weight excluding hydrogens is 250 g/mol. The first kappa shape index (κ1) is 15.2. The van der Waals surface area contributed by atoms with Crippen LogP contribution in [0.25, 0.3) is 0 Å². The van der Waals surface area contributed by atoms with Crippen molar-refractivity contribution in [1.82, 2.24) is 5.32 Å². The number of aliphatic hydroxyl groups excluding tert-OH is 4. The summed E-state index contributed by atoms with van der Waals surface area (Å²) in [6.45, 7) is 3.94. The minimum Gasteiger partial charge on any atom is -0.394 e. The largest absolute Gasteiger partial charge is 0.394 e. The van der Waals surface area contributed by atoms with Gasteiger partial charge in [-0.3, -0.25) is 0 Å². The highest BCUT2D eigenvalue weighted by atomic mass is 16.6. The average molecular weight is 275 g/mol. The van der Waals surface area contributed by atoms with E-state index in [1.54, 1.807) is 0 Å². The van der Waals surface area contributed by atoms with Crippen LogP contribution in [0.1, 0.15) is 26.7 Å². The lowest BCUT2D eigenvalue weighted by atomic mass is 9.73. The predicted octanol–water partition coefficient (Wildman–Crippen LogP) is -1.19. The van der Waals surface area contributed by atoms with Crippen LogP contribution in [0.2, 0.25) is 0 Å². The van der Waals surface area contributed by atoms with Gasteiger partial charge in [0.15, 0.2) is 6.29 Å². The third-order valence-electron chi connectivity index (χ3n) is 4.45. The fourth-order valence-corrected chi connectivity index (χ4v) is 2.89. The van der Waals surface area contributed by atoms with E-state index in [1.165, 1.54) is 0 Å². The number of nitrogens with one attached hydrogen (secondary N) is 1. The quantitative estimate of drug-likeness (QED) is 0.442. The summed E-state index contributed by atoms with van der Waals surface area (Å²) in [6, 6.07) is -0.473. The Morgan fingerprint density at radius 3 is 2.32 bits per heavy atom. The van der Waals surface area contributed by atoms with Gasteiger partial charge in [0.2, 0.25) is 0 Å². The SMILES string of the molecule is CC(C)C1CC(NC2C(O)OC(CO)C(O)C2O)C1. The van der Waals surface area contributed by atoms with E-state index in [0.717, 1.165) is 12.8 Å². The van der Waals surface area contributed by atoms with Crippen LogP contribution in [0.5, 0.6) is 0 Å². The molecule has 1 saturated heterocycles. The van der Waals surface area contributed by atoms with Crippen LogP contribution in [0.3, 0.4) is 0 Å². The van der Waals surface area contributed by atoms with Crippen molar-refractivity contribution in [3.8, 4) is 0 Å². The summed E-state index contributed by atoms with van der Waals surface area (Å²) < 4.78 is 5.11. The molecule has 0 aromatic carbocycles. The topological polar surface area (TPSA) is 102 Å². The van der Waals surface area contributed by atoms with E-state index >= 15 is 0 Å². The predicted molar refractivity (Wildman–Crippen MR) is 68.3 cm³/mol. The maximum absolute atomic E-state index is 9.99. The summed E-state index contributed by atoms with van der Waals surface area (Å²) in [6.07, 6.45) is -2.47. The Morgan fingerprint density at radius 1 is 1.16 bits per heavy atom. The second-order valence-electron chi connectivity index (χ2n) is 6.09. The molecule has 1 aliphatic carbocycles. The molecule has 2 aliphatic rings. The maximum Gasteiger partial charge on any atom is 0.173 e. The fraction of sp³-hybridized carbons (Fsp3) is 1.00. The van der Waals surface area contributed by atoms with Crippen LogP contribution >= 0.6 is 0 Å². The second-order valence-corrected chi connectivity index (χ2v) is 6.09. The molecule has 6 nitrogen and oxygen atoms in total. The van der Waals surface area contributed by atoms with Crippen molar-refractivity contribution < 1.29 is 25.2 Å². The van der Waals surface area contributed by atoms with E-state index in [2.05, 4.69) is 19.2 Å². The third-order valence-corrected chi connectivity index (χ3v) is 4.45. The van der Waals surface area contributed by atoms with Gasteiger partial charge in [0.25, 0.3) is 0 Å². The van der Waals surface area contributed by atoms with Gasteiger partial charge in [-0.15, -0.1) is 0 Å². The average Bonchev–Trinajstić information content (AvgIpc) is 2.30. The van der Waals surface area contributed by atoms with Gasteiger partial charge in [0, 0.05) is 6.04 Å². The Morgan fingerprint density at radius 2 is 1.79 bits per heavy atom. The van der Waals surface area contributed by atoms with E-state index in [0.29, 0.717) is 11.8 Å². The summed E-state index contributed by atoms with van der Waals surface area (Å²) in [7, 11) is 0. The minimum atomic E-state index is -1.21. The van der Waals surface area contributed by atoms with E-state index < -0.39 is 37.3 Å². The summed E-state index contributed by atoms with van der Waals surface area (Å²) in [5.74, 6) is 1.31. The van der Waals surface area contributed by atoms with Crippen molar-refractivity contribution in [2.45, 2.75) is 63.4 Å². The number of hydrogen-bond donors (Lipinski definition) is 5. The van der Waals surface area contributed by atoms with Gasteiger partial charge < -0.3 is 30.5 Å². The number of ether oxygens (including phenoxy) is 1. The molecule has 0 bridgehead atoms. The highest BCUT2D eigenvalue weighted by Crippen LogP contribution is 2.34. The first-order chi connectivity index (χ1) is 8.93. The fourth-order valence-electron chi connectivity index (χ4n) is 2.89. The molecule has 1 saturated carbocycles. The van der Waals surface area contributed by atoms with Crippen LogP contribution in [0, 0.1) is 11.8 Å². The van der Waals surface area contributed by atoms with Crippen molar-refractivity contribution in [2.24, 2.45) is 11.8 Å². The molecule has 5 unspecified atom stereocenters. The van der Waals surface area contributed by atoms with Crippen molar-refractivity contribution in [3.05, 3.63) is 0 Å². The zero-order valence-corrected chi connectivity index (χ0v) is 11.4. The normalized spacial score (nSPS) is 47.2. The molecule has 5 N–H and O–H groups in total. The Kier molecular flexibility index (Phi) is 4.81. The Hall–Kier alpha value is -0.240. The molecule has 112 valence electrons. The lowest BCUT2D eigenvalue weighted by molar-refractivity contribution is -0.256. The van der Waals surface area contributed by atoms with Gasteiger partial charge in [-0.1, -0.05) is 13.8 Å². The van der Waals surface area contributed by atoms with Crippen LogP contribution < -0.4 is 5.32 Å². The molecule has 19 heavy (non-hydrogen) atoms. The molecular formula is C13H25NO5. The van der Waals surface area contributed by atoms with Gasteiger partial charge in [0.05, 0.1) is 12.6 Å². The van der Waals surface area contributed by atoms with Gasteiger partial charge in [-0.2, -0.15) is 0 Å². The highest BCUT2D eigenvalue weighted by molar-refractivity contribution is 4.97. The smallest absolute Gasteiger partial charge is 0.173 e. The molecule has 6 heteroatoms. The molecule has 2 rings (SSSR count). The summed E-state index contributed by atoms with van der Waals surface area (Å²) in [4.78, 5) is 0. The van der Waals surface area contributed by atoms with E-state index in [-0.39, 0.29) is 6.04 Å². The molecule has 0 amide bonds. The monoisotopic (exact) mass is 275 g/mol. The van der Waals surface area contributed by atoms with E-state index in [1.807, 2.05) is 0 Å². The van der Waals surface area contributed by atoms with E-state index in [4.69, 9.17) is 9.84 Å². The molecule has 0 aromatic rings. The Bertz CT molecular complexity index is 295. The molecule has 2 fully saturated rings. The third kappa shape index (κ3) is 3.09. The second kappa shape index (κ2) is 6.03. The van der Waals surface area contributed by atoms with Crippen molar-refractivity contribution in [3.63, 3.8) is 0 Å². The maximum atomic E-state index is 9.99. The number of aliphatic hydroxyl groups is 4. The van der Waals surface area contributed by atoms with E-state index in [9.17, 15) is 15.3 Å². The number of hydrogen-bond acceptors (Lipinski definition) is 6. The van der Waals surface area contributed by atoms with Crippen molar-refractivity contribution in [1.29, 1.82) is 0 Å².